The third kappa shape index (κ3) is 3.23. The molecular weight excluding hydrogens is 304 g/mol. The fourth-order valence-corrected chi connectivity index (χ4v) is 1.89. The number of amides is 1. The van der Waals surface area contributed by atoms with Gasteiger partial charge in [-0.05, 0) is 31.2 Å². The number of hydrogen-bond donors (Lipinski definition) is 1. The van der Waals surface area contributed by atoms with Crippen LogP contribution in [0.15, 0.2) is 46.9 Å². The van der Waals surface area contributed by atoms with Gasteiger partial charge in [-0.25, -0.2) is 8.78 Å². The number of carbonyl (C=O) groups is 1. The number of aromatic nitrogens is 2. The fraction of sp³-hybridized carbons (Fsp3) is 0.0625. The minimum absolute atomic E-state index is 0.0870. The Kier molecular flexibility index (Phi) is 3.84. The molecule has 0 aliphatic carbocycles. The van der Waals surface area contributed by atoms with Crippen LogP contribution in [0, 0.1) is 18.6 Å². The monoisotopic (exact) mass is 315 g/mol. The van der Waals surface area contributed by atoms with Crippen LogP contribution in [0.5, 0.6) is 0 Å². The number of nitrogens with one attached hydrogen (secondary N) is 1. The van der Waals surface area contributed by atoms with E-state index in [1.807, 2.05) is 19.1 Å². The van der Waals surface area contributed by atoms with Crippen molar-refractivity contribution >= 4 is 11.6 Å². The molecule has 116 valence electrons. The first-order valence-electron chi connectivity index (χ1n) is 6.70. The number of anilines is 1. The van der Waals surface area contributed by atoms with E-state index < -0.39 is 17.5 Å². The molecule has 0 aliphatic heterocycles. The maximum absolute atomic E-state index is 13.1. The van der Waals surface area contributed by atoms with Crippen molar-refractivity contribution in [3.05, 3.63) is 65.6 Å². The van der Waals surface area contributed by atoms with Crippen LogP contribution in [0.1, 0.15) is 16.2 Å². The number of nitrogens with zero attached hydrogens (tertiary/aromatic N) is 2. The second kappa shape index (κ2) is 5.96. The van der Waals surface area contributed by atoms with E-state index in [0.717, 1.165) is 17.7 Å². The van der Waals surface area contributed by atoms with Crippen molar-refractivity contribution in [1.29, 1.82) is 0 Å². The van der Waals surface area contributed by atoms with Gasteiger partial charge in [-0.2, -0.15) is 0 Å². The van der Waals surface area contributed by atoms with Gasteiger partial charge in [0.05, 0.1) is 0 Å². The molecule has 0 aliphatic rings. The molecule has 1 N–H and O–H groups in total. The summed E-state index contributed by atoms with van der Waals surface area (Å²) in [4.78, 5) is 12.0. The maximum atomic E-state index is 13.1. The minimum Gasteiger partial charge on any atom is -0.412 e. The number of carbonyl (C=O) groups excluding carboxylic acids is 1. The molecule has 0 unspecified atom stereocenters. The summed E-state index contributed by atoms with van der Waals surface area (Å²) in [6, 6.07) is 10.3. The lowest BCUT2D eigenvalue weighted by Gasteiger charge is -2.02. The van der Waals surface area contributed by atoms with Crippen molar-refractivity contribution in [2.24, 2.45) is 0 Å². The van der Waals surface area contributed by atoms with E-state index in [1.54, 1.807) is 12.1 Å². The number of aryl methyl sites for hydroxylation is 1. The summed E-state index contributed by atoms with van der Waals surface area (Å²) in [5.74, 6) is -2.84. The maximum Gasteiger partial charge on any atom is 0.313 e. The molecule has 5 nitrogen and oxygen atoms in total. The van der Waals surface area contributed by atoms with Crippen molar-refractivity contribution in [2.45, 2.75) is 6.92 Å². The molecule has 0 saturated carbocycles. The fourth-order valence-electron chi connectivity index (χ4n) is 1.89. The Morgan fingerprint density at radius 1 is 1.04 bits per heavy atom. The summed E-state index contributed by atoms with van der Waals surface area (Å²) in [6.07, 6.45) is 0. The molecular formula is C16H11F2N3O2. The normalized spacial score (nSPS) is 10.6. The SMILES string of the molecule is Cc1ccc(-c2nnc(C(=O)Nc3ccc(F)c(F)c3)o2)cc1. The highest BCUT2D eigenvalue weighted by molar-refractivity contribution is 6.00. The second-order valence-corrected chi connectivity index (χ2v) is 4.86. The van der Waals surface area contributed by atoms with Gasteiger partial charge in [0.15, 0.2) is 11.6 Å². The highest BCUT2D eigenvalue weighted by atomic mass is 19.2. The number of halogens is 2. The van der Waals surface area contributed by atoms with E-state index in [4.69, 9.17) is 4.42 Å². The summed E-state index contributed by atoms with van der Waals surface area (Å²) in [7, 11) is 0. The topological polar surface area (TPSA) is 68.0 Å². The van der Waals surface area contributed by atoms with Crippen LogP contribution < -0.4 is 5.32 Å². The van der Waals surface area contributed by atoms with Gasteiger partial charge in [0.2, 0.25) is 5.89 Å². The molecule has 0 bridgehead atoms. The van der Waals surface area contributed by atoms with E-state index in [1.165, 1.54) is 6.07 Å². The lowest BCUT2D eigenvalue weighted by Crippen LogP contribution is -2.12. The van der Waals surface area contributed by atoms with Crippen LogP contribution in [-0.4, -0.2) is 16.1 Å². The quantitative estimate of drug-likeness (QED) is 0.802. The largest absolute Gasteiger partial charge is 0.412 e. The van der Waals surface area contributed by atoms with Gasteiger partial charge >= 0.3 is 11.8 Å². The second-order valence-electron chi connectivity index (χ2n) is 4.86. The van der Waals surface area contributed by atoms with Crippen LogP contribution in [0.2, 0.25) is 0 Å². The summed E-state index contributed by atoms with van der Waals surface area (Å²) in [6.45, 7) is 1.94. The Morgan fingerprint density at radius 2 is 1.78 bits per heavy atom. The van der Waals surface area contributed by atoms with E-state index >= 15 is 0 Å². The smallest absolute Gasteiger partial charge is 0.313 e. The third-order valence-corrected chi connectivity index (χ3v) is 3.10. The molecule has 23 heavy (non-hydrogen) atoms. The predicted octanol–water partition coefficient (Wildman–Crippen LogP) is 3.58. The standard InChI is InChI=1S/C16H11F2N3O2/c1-9-2-4-10(5-3-9)15-20-21-16(23-15)14(22)19-11-6-7-12(17)13(18)8-11/h2-8H,1H3,(H,19,22). The van der Waals surface area contributed by atoms with Gasteiger partial charge in [0.25, 0.3) is 0 Å². The zero-order chi connectivity index (χ0) is 16.4. The molecule has 0 spiro atoms. The van der Waals surface area contributed by atoms with Gasteiger partial charge in [0, 0.05) is 17.3 Å². The molecule has 0 saturated heterocycles. The van der Waals surface area contributed by atoms with Crippen molar-refractivity contribution in [3.8, 4) is 11.5 Å². The molecule has 7 heteroatoms. The van der Waals surface area contributed by atoms with E-state index in [0.29, 0.717) is 5.56 Å². The molecule has 3 rings (SSSR count). The zero-order valence-electron chi connectivity index (χ0n) is 12.0. The molecule has 1 amide bonds. The highest BCUT2D eigenvalue weighted by Gasteiger charge is 2.16. The zero-order valence-corrected chi connectivity index (χ0v) is 12.0. The number of rotatable bonds is 3. The summed E-state index contributed by atoms with van der Waals surface area (Å²) in [5.41, 5.74) is 1.84. The lowest BCUT2D eigenvalue weighted by atomic mass is 10.1. The Bertz CT molecular complexity index is 860. The first-order valence-corrected chi connectivity index (χ1v) is 6.70. The van der Waals surface area contributed by atoms with Crippen LogP contribution in [0.4, 0.5) is 14.5 Å². The first-order chi connectivity index (χ1) is 11.0. The van der Waals surface area contributed by atoms with Crippen LogP contribution in [0.25, 0.3) is 11.5 Å². The Balaban J connectivity index is 1.78. The van der Waals surface area contributed by atoms with Crippen LogP contribution >= 0.6 is 0 Å². The number of hydrogen-bond acceptors (Lipinski definition) is 4. The van der Waals surface area contributed by atoms with Crippen molar-refractivity contribution < 1.29 is 18.0 Å². The lowest BCUT2D eigenvalue weighted by molar-refractivity contribution is 0.0991. The minimum atomic E-state index is -1.06. The molecule has 2 aromatic carbocycles. The van der Waals surface area contributed by atoms with Crippen molar-refractivity contribution in [1.82, 2.24) is 10.2 Å². The third-order valence-electron chi connectivity index (χ3n) is 3.10. The van der Waals surface area contributed by atoms with Gasteiger partial charge in [-0.15, -0.1) is 10.2 Å². The molecule has 0 fully saturated rings. The summed E-state index contributed by atoms with van der Waals surface area (Å²) < 4.78 is 31.3. The summed E-state index contributed by atoms with van der Waals surface area (Å²) in [5, 5.41) is 9.81. The number of benzene rings is 2. The summed E-state index contributed by atoms with van der Waals surface area (Å²) >= 11 is 0. The van der Waals surface area contributed by atoms with E-state index in [-0.39, 0.29) is 17.5 Å². The Morgan fingerprint density at radius 3 is 2.48 bits per heavy atom. The Labute approximate surface area is 130 Å². The van der Waals surface area contributed by atoms with Gasteiger partial charge in [-0.3, -0.25) is 4.79 Å². The predicted molar refractivity (Wildman–Crippen MR) is 78.8 cm³/mol. The first kappa shape index (κ1) is 14.8. The molecule has 1 aromatic heterocycles. The average molecular weight is 315 g/mol. The van der Waals surface area contributed by atoms with Gasteiger partial charge in [0.1, 0.15) is 0 Å². The molecule has 0 radical (unpaired) electrons. The molecule has 1 heterocycles. The molecule has 0 atom stereocenters. The Hall–Kier alpha value is -3.09. The van der Waals surface area contributed by atoms with Crippen LogP contribution in [0.3, 0.4) is 0 Å². The van der Waals surface area contributed by atoms with E-state index in [9.17, 15) is 13.6 Å². The van der Waals surface area contributed by atoms with E-state index in [2.05, 4.69) is 15.5 Å². The van der Waals surface area contributed by atoms with Crippen LogP contribution in [-0.2, 0) is 0 Å². The van der Waals surface area contributed by atoms with Gasteiger partial charge < -0.3 is 9.73 Å². The van der Waals surface area contributed by atoms with Gasteiger partial charge in [-0.1, -0.05) is 17.7 Å². The highest BCUT2D eigenvalue weighted by Crippen LogP contribution is 2.19. The molecule has 3 aromatic rings. The average Bonchev–Trinajstić information content (AvgIpc) is 3.02. The van der Waals surface area contributed by atoms with Crippen molar-refractivity contribution in [3.63, 3.8) is 0 Å². The van der Waals surface area contributed by atoms with Crippen molar-refractivity contribution in [2.75, 3.05) is 5.32 Å².